The summed E-state index contributed by atoms with van der Waals surface area (Å²) in [5.41, 5.74) is 7.60. The van der Waals surface area contributed by atoms with Crippen LogP contribution in [0, 0.1) is 27.6 Å². The van der Waals surface area contributed by atoms with E-state index in [0.717, 1.165) is 182 Å². The van der Waals surface area contributed by atoms with E-state index < -0.39 is 0 Å². The van der Waals surface area contributed by atoms with Crippen LogP contribution in [0.3, 0.4) is 0 Å². The smallest absolute Gasteiger partial charge is 0.233 e. The number of carbonyl (C=O) groups excluding carboxylic acids is 7. The van der Waals surface area contributed by atoms with Gasteiger partial charge < -0.3 is 89.5 Å². The molecule has 3 amide bonds. The number of aromatic nitrogens is 5. The quantitative estimate of drug-likeness (QED) is 0.0136. The minimum atomic E-state index is -0.0771. The molecule has 0 radical (unpaired) electrons. The number of carbonyl (C=O) groups is 7. The lowest BCUT2D eigenvalue weighted by Crippen LogP contribution is -2.32. The van der Waals surface area contributed by atoms with Crippen LogP contribution in [-0.2, 0) is 104 Å². The van der Waals surface area contributed by atoms with Crippen molar-refractivity contribution in [1.29, 1.82) is 21.6 Å². The van der Waals surface area contributed by atoms with Gasteiger partial charge in [-0.2, -0.15) is 5.10 Å². The highest BCUT2D eigenvalue weighted by Crippen LogP contribution is 2.41. The first kappa shape index (κ1) is 104. The van der Waals surface area contributed by atoms with Crippen molar-refractivity contribution in [1.82, 2.24) is 35.4 Å². The fraction of sp³-hybridized carbons (Fsp3) is 0.674. The summed E-state index contributed by atoms with van der Waals surface area (Å²) in [5.74, 6) is 2.79. The van der Waals surface area contributed by atoms with E-state index in [9.17, 15) is 33.6 Å². The van der Waals surface area contributed by atoms with Crippen LogP contribution < -0.4 is 15.5 Å². The third-order valence-electron chi connectivity index (χ3n) is 19.2. The predicted octanol–water partition coefficient (Wildman–Crippen LogP) is 15.2. The molecule has 2 atom stereocenters. The van der Waals surface area contributed by atoms with Gasteiger partial charge in [0.15, 0.2) is 0 Å². The first-order valence-corrected chi connectivity index (χ1v) is 44.4. The number of benzene rings is 2. The van der Waals surface area contributed by atoms with E-state index in [1.165, 1.54) is 56.0 Å². The summed E-state index contributed by atoms with van der Waals surface area (Å²) < 4.78 is 42.5. The lowest BCUT2D eigenvalue weighted by atomic mass is 9.95. The van der Waals surface area contributed by atoms with Crippen LogP contribution in [-0.4, -0.2) is 220 Å². The van der Waals surface area contributed by atoms with E-state index in [4.69, 9.17) is 64.7 Å². The van der Waals surface area contributed by atoms with Crippen LogP contribution in [0.4, 0.5) is 5.69 Å². The number of amides is 3. The van der Waals surface area contributed by atoms with Gasteiger partial charge in [-0.3, -0.25) is 23.9 Å². The highest BCUT2D eigenvalue weighted by molar-refractivity contribution is 8.00. The Bertz CT molecular complexity index is 3440. The molecule has 0 spiro atoms. The van der Waals surface area contributed by atoms with E-state index >= 15 is 0 Å². The highest BCUT2D eigenvalue weighted by atomic mass is 32.2. The summed E-state index contributed by atoms with van der Waals surface area (Å²) in [6.07, 6.45) is 35.7. The molecule has 0 aliphatic carbocycles. The number of fused-ring (bicyclic) bond motifs is 5. The van der Waals surface area contributed by atoms with Gasteiger partial charge in [-0.15, -0.1) is 16.9 Å². The number of nitrogens with one attached hydrogen (secondary N) is 6. The molecule has 2 aromatic carbocycles. The van der Waals surface area contributed by atoms with Gasteiger partial charge in [-0.05, 0) is 217 Å². The largest absolute Gasteiger partial charge is 0.396 e. The van der Waals surface area contributed by atoms with Crippen LogP contribution in [0.15, 0.2) is 59.8 Å². The van der Waals surface area contributed by atoms with Gasteiger partial charge in [0, 0.05) is 87.6 Å². The topological polar surface area (TPSA) is 377 Å². The van der Waals surface area contributed by atoms with Crippen molar-refractivity contribution in [2.75, 3.05) is 123 Å². The average molecular weight is 1670 g/mol. The third-order valence-corrected chi connectivity index (χ3v) is 20.6. The van der Waals surface area contributed by atoms with E-state index in [0.29, 0.717) is 188 Å². The molecule has 4 heterocycles. The molecule has 2 unspecified atom stereocenters. The lowest BCUT2D eigenvalue weighted by Gasteiger charge is -2.28. The second-order valence-corrected chi connectivity index (χ2v) is 30.7. The summed E-state index contributed by atoms with van der Waals surface area (Å²) in [6, 6.07) is 18.0. The SMILES string of the molecule is CC(=O)CCCCCC1CSC(C(=O)NCCCCCC=N)C1.CC(=O)CCCCO/N=C/CCCCC=N.CC(=O)CCOCCOCCOCCOCCNC(=O)CCCCC(=O)N1Cc2ccccc2-c2c(nnn2CCOCCOCCOCCC=N)-c2ccccc21.CCc1cc(CCCCC=N)nn1CCCCCC(C)=O. The summed E-state index contributed by atoms with van der Waals surface area (Å²) in [6.45, 7) is 18.4. The molecule has 4 aromatic rings. The third kappa shape index (κ3) is 51.5. The number of unbranched alkanes of at least 4 members (excludes halogenated alkanes) is 14. The van der Waals surface area contributed by atoms with Crippen molar-refractivity contribution < 1.29 is 71.6 Å². The van der Waals surface area contributed by atoms with Crippen molar-refractivity contribution >= 4 is 89.4 Å². The average Bonchev–Trinajstić information content (AvgIpc) is 1.54. The van der Waals surface area contributed by atoms with E-state index in [-0.39, 0.29) is 46.1 Å². The zero-order valence-electron chi connectivity index (χ0n) is 71.9. The lowest BCUT2D eigenvalue weighted by molar-refractivity contribution is -0.122. The maximum Gasteiger partial charge on any atom is 0.233 e. The number of anilines is 1. The van der Waals surface area contributed by atoms with Crippen molar-refractivity contribution in [2.24, 2.45) is 11.1 Å². The minimum Gasteiger partial charge on any atom is -0.396 e. The first-order chi connectivity index (χ1) is 57.6. The van der Waals surface area contributed by atoms with Gasteiger partial charge in [0.2, 0.25) is 17.7 Å². The van der Waals surface area contributed by atoms with E-state index in [2.05, 4.69) is 43.8 Å². The molecule has 0 bridgehead atoms. The summed E-state index contributed by atoms with van der Waals surface area (Å²) in [4.78, 5) is 88.6. The van der Waals surface area contributed by atoms with E-state index in [1.54, 1.807) is 38.7 Å². The molecule has 0 saturated carbocycles. The van der Waals surface area contributed by atoms with Gasteiger partial charge in [-0.1, -0.05) is 85.4 Å². The summed E-state index contributed by atoms with van der Waals surface area (Å²) >= 11 is 1.80. The second-order valence-electron chi connectivity index (χ2n) is 29.5. The van der Waals surface area contributed by atoms with Crippen LogP contribution in [0.1, 0.15) is 244 Å². The molecule has 2 aromatic heterocycles. The minimum absolute atomic E-state index is 0.0237. The number of ketones is 4. The molecule has 2 aliphatic rings. The van der Waals surface area contributed by atoms with Gasteiger partial charge in [0.1, 0.15) is 35.4 Å². The molecule has 28 nitrogen and oxygen atoms in total. The fourth-order valence-electron chi connectivity index (χ4n) is 12.6. The van der Waals surface area contributed by atoms with Crippen molar-refractivity contribution in [3.05, 3.63) is 71.5 Å². The summed E-state index contributed by atoms with van der Waals surface area (Å²) in [5, 5.41) is 51.6. The molecule has 118 heavy (non-hydrogen) atoms. The van der Waals surface area contributed by atoms with Gasteiger partial charge >= 0.3 is 0 Å². The molecule has 6 rings (SSSR count). The van der Waals surface area contributed by atoms with Gasteiger partial charge in [0.05, 0.1) is 128 Å². The maximum absolute atomic E-state index is 13.9. The Hall–Kier alpha value is -7.90. The first-order valence-electron chi connectivity index (χ1n) is 43.3. The number of thioether (sulfide) groups is 1. The Morgan fingerprint density at radius 3 is 1.69 bits per heavy atom. The Balaban J connectivity index is 0.000000487. The molecule has 1 saturated heterocycles. The number of oxime groups is 1. The molecule has 2 aliphatic heterocycles. The second kappa shape index (κ2) is 70.9. The number of hydrogen-bond donors (Lipinski definition) is 6. The van der Waals surface area contributed by atoms with Crippen LogP contribution >= 0.6 is 11.8 Å². The van der Waals surface area contributed by atoms with Crippen LogP contribution in [0.25, 0.3) is 22.5 Å². The Labute approximate surface area is 707 Å². The number of ether oxygens (including phenoxy) is 7. The zero-order valence-corrected chi connectivity index (χ0v) is 72.7. The number of aryl methyl sites for hydroxylation is 3. The number of Topliss-reactive ketones (excluding diaryl/α,β-unsaturated/α-hetero) is 4. The number of nitrogens with zero attached hydrogens (tertiary/aromatic N) is 7. The molecule has 6 N–H and O–H groups in total. The monoisotopic (exact) mass is 1670 g/mol. The Morgan fingerprint density at radius 1 is 0.508 bits per heavy atom. The van der Waals surface area contributed by atoms with Crippen LogP contribution in [0.5, 0.6) is 0 Å². The van der Waals surface area contributed by atoms with Gasteiger partial charge in [-0.25, -0.2) is 4.68 Å². The number of para-hydroxylation sites is 1. The van der Waals surface area contributed by atoms with Crippen LogP contribution in [0.2, 0.25) is 0 Å². The molecular formula is C89H143N13O15S. The normalized spacial score (nSPS) is 13.2. The fourth-order valence-corrected chi connectivity index (χ4v) is 14.1. The molecule has 29 heteroatoms. The zero-order chi connectivity index (χ0) is 85.5. The molecule has 660 valence electrons. The van der Waals surface area contributed by atoms with Crippen molar-refractivity contribution in [3.8, 4) is 22.5 Å². The number of rotatable bonds is 68. The maximum atomic E-state index is 13.9. The van der Waals surface area contributed by atoms with Gasteiger partial charge in [0.25, 0.3) is 0 Å². The predicted molar refractivity (Wildman–Crippen MR) is 470 cm³/mol. The highest BCUT2D eigenvalue weighted by Gasteiger charge is 2.31. The van der Waals surface area contributed by atoms with E-state index in [1.807, 2.05) is 58.1 Å². The summed E-state index contributed by atoms with van der Waals surface area (Å²) in [7, 11) is 0. The van der Waals surface area contributed by atoms with Crippen molar-refractivity contribution in [2.45, 2.75) is 265 Å². The molecular weight excluding hydrogens is 1520 g/mol. The Kier molecular flexibility index (Phi) is 62.7. The number of hydrogen-bond acceptors (Lipinski definition) is 24. The standard InChI is InChI=1S/C42H60N6O10.C18H32N2O2S.C17H29N3O.C12H22N2O2/c1-34(49)15-20-53-24-28-57-31-32-58-29-25-54-21-17-44-39(50)13-6-7-14-40(51)47-33-35-9-2-3-10-36(35)42-41(37-11-4-5-12-38(37)47)45-46-48(42)18-22-55-26-30-56-27-23-52-19-8-16-43;1-15(21)9-5-4-6-10-16-13-17(23-14-16)18(22)20-12-8-3-2-7-11-19;1-3-17-14-16(11-7-4-8-12-18)19-20(17)13-9-5-6-10-15(2)21;1-12(15)8-4-7-11-16-14-10-6-3-2-5-9-13/h2-5,9-12,16,43H,6-8,13-15,17-33H2,1H3,(H,44,50);11,16-17,19H,2-10,12-14H2,1H3,(H,20,22);12,14,18H,3-11,13H2,1-2H3;9-10,13H,2-8,11H2,1H3/b;;;13-9?,14-10+. The Morgan fingerprint density at radius 2 is 1.05 bits per heavy atom. The molecule has 1 fully saturated rings. The van der Waals surface area contributed by atoms with Crippen molar-refractivity contribution in [3.63, 3.8) is 0 Å².